The van der Waals surface area contributed by atoms with Gasteiger partial charge in [0.05, 0.1) is 21.7 Å². The zero-order valence-electron chi connectivity index (χ0n) is 23.6. The lowest BCUT2D eigenvalue weighted by molar-refractivity contribution is -0.132. The maximum Gasteiger partial charge on any atom is 0.255 e. The summed E-state index contributed by atoms with van der Waals surface area (Å²) in [5.74, 6) is 1.21. The predicted molar refractivity (Wildman–Crippen MR) is 170 cm³/mol. The third kappa shape index (κ3) is 6.60. The number of imidazole rings is 1. The molecule has 0 spiro atoms. The highest BCUT2D eigenvalue weighted by atomic mass is 79.9. The molecule has 5 rings (SSSR count). The fourth-order valence-corrected chi connectivity index (χ4v) is 5.71. The molecule has 1 fully saturated rings. The Morgan fingerprint density at radius 3 is 2.46 bits per heavy atom. The maximum atomic E-state index is 13.2. The minimum absolute atomic E-state index is 0.134. The molecule has 3 N–H and O–H groups in total. The molecular weight excluding hydrogens is 602 g/mol. The summed E-state index contributed by atoms with van der Waals surface area (Å²) < 4.78 is 2.87. The first-order chi connectivity index (χ1) is 19.7. The number of carbonyl (C=O) groups is 2. The Morgan fingerprint density at radius 2 is 1.78 bits per heavy atom. The summed E-state index contributed by atoms with van der Waals surface area (Å²) in [5, 5.41) is 9.99. The molecule has 1 saturated carbocycles. The first-order valence-electron chi connectivity index (χ1n) is 14.1. The zero-order chi connectivity index (χ0) is 29.1. The summed E-state index contributed by atoms with van der Waals surface area (Å²) in [6.07, 6.45) is 5.15. The molecule has 0 unspecified atom stereocenters. The molecule has 0 atom stereocenters. The van der Waals surface area contributed by atoms with Gasteiger partial charge in [0.25, 0.3) is 5.91 Å². The van der Waals surface area contributed by atoms with Gasteiger partial charge in [0, 0.05) is 34.7 Å². The molecular formula is C32H35BrClN5O2. The number of nitrogens with one attached hydrogen (secondary N) is 3. The number of nitrogens with zero attached hydrogens (tertiary/aromatic N) is 2. The van der Waals surface area contributed by atoms with Gasteiger partial charge >= 0.3 is 0 Å². The fraction of sp³-hybridized carbons (Fsp3) is 0.344. The van der Waals surface area contributed by atoms with Gasteiger partial charge in [-0.05, 0) is 85.3 Å². The SMILES string of the molecule is CCC(CC)(CC1CC1)C(=O)NCc1ccc(Cl)c(Nc2nc3cc(C(=O)Nc4ccc(Br)cc4)ccc3n2C)c1. The lowest BCUT2D eigenvalue weighted by Crippen LogP contribution is -2.40. The number of amides is 2. The molecule has 4 aromatic rings. The summed E-state index contributed by atoms with van der Waals surface area (Å²) in [6.45, 7) is 4.66. The number of aromatic nitrogens is 2. The van der Waals surface area contributed by atoms with Crippen LogP contribution >= 0.6 is 27.5 Å². The van der Waals surface area contributed by atoms with Crippen LogP contribution in [-0.2, 0) is 18.4 Å². The largest absolute Gasteiger partial charge is 0.352 e. The Kier molecular flexibility index (Phi) is 8.71. The first kappa shape index (κ1) is 29.1. The van der Waals surface area contributed by atoms with Crippen molar-refractivity contribution in [2.75, 3.05) is 10.6 Å². The minimum Gasteiger partial charge on any atom is -0.352 e. The van der Waals surface area contributed by atoms with Crippen molar-refractivity contribution in [2.45, 2.75) is 52.5 Å². The van der Waals surface area contributed by atoms with E-state index in [0.29, 0.717) is 45.9 Å². The van der Waals surface area contributed by atoms with E-state index in [2.05, 4.69) is 45.7 Å². The lowest BCUT2D eigenvalue weighted by atomic mass is 9.76. The third-order valence-electron chi connectivity index (χ3n) is 8.19. The van der Waals surface area contributed by atoms with E-state index >= 15 is 0 Å². The highest BCUT2D eigenvalue weighted by Gasteiger charge is 2.40. The smallest absolute Gasteiger partial charge is 0.255 e. The van der Waals surface area contributed by atoms with Crippen molar-refractivity contribution in [3.8, 4) is 0 Å². The van der Waals surface area contributed by atoms with Gasteiger partial charge in [-0.15, -0.1) is 0 Å². The molecule has 1 aliphatic rings. The Balaban J connectivity index is 1.30. The van der Waals surface area contributed by atoms with E-state index in [1.165, 1.54) is 12.8 Å². The Bertz CT molecular complexity index is 1580. The average Bonchev–Trinajstić information content (AvgIpc) is 3.74. The van der Waals surface area contributed by atoms with Gasteiger partial charge in [-0.25, -0.2) is 4.98 Å². The number of benzene rings is 3. The van der Waals surface area contributed by atoms with Crippen LogP contribution in [0.25, 0.3) is 11.0 Å². The average molecular weight is 637 g/mol. The van der Waals surface area contributed by atoms with Crippen molar-refractivity contribution in [1.82, 2.24) is 14.9 Å². The molecule has 7 nitrogen and oxygen atoms in total. The van der Waals surface area contributed by atoms with Gasteiger partial charge in [-0.3, -0.25) is 9.59 Å². The second-order valence-corrected chi connectivity index (χ2v) is 12.2. The van der Waals surface area contributed by atoms with Crippen LogP contribution in [0.1, 0.15) is 61.9 Å². The molecule has 1 aliphatic carbocycles. The summed E-state index contributed by atoms with van der Waals surface area (Å²) in [5.41, 5.74) is 4.13. The summed E-state index contributed by atoms with van der Waals surface area (Å²) in [7, 11) is 1.91. The zero-order valence-corrected chi connectivity index (χ0v) is 25.9. The standard InChI is InChI=1S/C32H35BrClN5O2/c1-4-32(5-2,18-20-6-7-20)30(41)35-19-21-8-14-25(34)26(16-21)37-31-38-27-17-22(9-15-28(27)39(31)3)29(40)36-24-12-10-23(33)11-13-24/h8-17,20H,4-7,18-19H2,1-3H3,(H,35,41)(H,36,40)(H,37,38). The first-order valence-corrected chi connectivity index (χ1v) is 15.3. The number of rotatable bonds is 11. The molecule has 0 saturated heterocycles. The van der Waals surface area contributed by atoms with Crippen LogP contribution in [0.15, 0.2) is 65.1 Å². The van der Waals surface area contributed by atoms with E-state index < -0.39 is 0 Å². The minimum atomic E-state index is -0.296. The Hall–Kier alpha value is -3.36. The van der Waals surface area contributed by atoms with Crippen molar-refractivity contribution in [3.63, 3.8) is 0 Å². The second-order valence-electron chi connectivity index (χ2n) is 10.9. The van der Waals surface area contributed by atoms with Crippen LogP contribution in [0.5, 0.6) is 0 Å². The molecule has 1 heterocycles. The van der Waals surface area contributed by atoms with Crippen LogP contribution in [0.3, 0.4) is 0 Å². The number of hydrogen-bond acceptors (Lipinski definition) is 4. The quantitative estimate of drug-likeness (QED) is 0.155. The molecule has 2 amide bonds. The van der Waals surface area contributed by atoms with Gasteiger partial charge in [0.1, 0.15) is 0 Å². The Labute approximate surface area is 254 Å². The monoisotopic (exact) mass is 635 g/mol. The number of aryl methyl sites for hydroxylation is 1. The number of fused-ring (bicyclic) bond motifs is 1. The van der Waals surface area contributed by atoms with Gasteiger partial charge < -0.3 is 20.5 Å². The summed E-state index contributed by atoms with van der Waals surface area (Å²) in [6, 6.07) is 18.6. The van der Waals surface area contributed by atoms with Gasteiger partial charge in [0.15, 0.2) is 0 Å². The van der Waals surface area contributed by atoms with Crippen molar-refractivity contribution in [1.29, 1.82) is 0 Å². The second kappa shape index (κ2) is 12.2. The van der Waals surface area contributed by atoms with E-state index in [1.807, 2.05) is 60.1 Å². The molecule has 41 heavy (non-hydrogen) atoms. The summed E-state index contributed by atoms with van der Waals surface area (Å²) >= 11 is 9.96. The van der Waals surface area contributed by atoms with Gasteiger partial charge in [-0.2, -0.15) is 0 Å². The van der Waals surface area contributed by atoms with Crippen molar-refractivity contribution < 1.29 is 9.59 Å². The normalized spacial score (nSPS) is 13.3. The Morgan fingerprint density at radius 1 is 1.05 bits per heavy atom. The van der Waals surface area contributed by atoms with Crippen LogP contribution < -0.4 is 16.0 Å². The molecule has 0 aliphatic heterocycles. The number of carbonyl (C=O) groups excluding carboxylic acids is 2. The number of anilines is 3. The fourth-order valence-electron chi connectivity index (χ4n) is 5.28. The van der Waals surface area contributed by atoms with E-state index in [1.54, 1.807) is 12.1 Å². The number of hydrogen-bond donors (Lipinski definition) is 3. The van der Waals surface area contributed by atoms with E-state index in [4.69, 9.17) is 16.6 Å². The molecule has 0 radical (unpaired) electrons. The third-order valence-corrected chi connectivity index (χ3v) is 9.05. The number of halogens is 2. The molecule has 214 valence electrons. The molecule has 9 heteroatoms. The van der Waals surface area contributed by atoms with Crippen molar-refractivity contribution in [2.24, 2.45) is 18.4 Å². The maximum absolute atomic E-state index is 13.2. The van der Waals surface area contributed by atoms with Gasteiger partial charge in [0.2, 0.25) is 11.9 Å². The topological polar surface area (TPSA) is 88.1 Å². The van der Waals surface area contributed by atoms with E-state index in [-0.39, 0.29) is 17.2 Å². The van der Waals surface area contributed by atoms with Crippen LogP contribution in [-0.4, -0.2) is 21.4 Å². The van der Waals surface area contributed by atoms with Crippen molar-refractivity contribution in [3.05, 3.63) is 81.3 Å². The summed E-state index contributed by atoms with van der Waals surface area (Å²) in [4.78, 5) is 30.8. The molecule has 3 aromatic carbocycles. The van der Waals surface area contributed by atoms with E-state index in [9.17, 15) is 9.59 Å². The molecule has 1 aromatic heterocycles. The highest BCUT2D eigenvalue weighted by Crippen LogP contribution is 2.44. The van der Waals surface area contributed by atoms with Crippen LogP contribution in [0.2, 0.25) is 5.02 Å². The van der Waals surface area contributed by atoms with E-state index in [0.717, 1.165) is 34.8 Å². The van der Waals surface area contributed by atoms with Crippen LogP contribution in [0, 0.1) is 11.3 Å². The van der Waals surface area contributed by atoms with Crippen LogP contribution in [0.4, 0.5) is 17.3 Å². The van der Waals surface area contributed by atoms with Gasteiger partial charge in [-0.1, -0.05) is 60.3 Å². The predicted octanol–water partition coefficient (Wildman–Crippen LogP) is 8.21. The van der Waals surface area contributed by atoms with Crippen molar-refractivity contribution >= 4 is 67.7 Å². The lowest BCUT2D eigenvalue weighted by Gasteiger charge is -2.30. The highest BCUT2D eigenvalue weighted by molar-refractivity contribution is 9.10. The molecule has 0 bridgehead atoms.